The van der Waals surface area contributed by atoms with Gasteiger partial charge in [-0.1, -0.05) is 26.0 Å². The number of anilines is 1. The van der Waals surface area contributed by atoms with Crippen molar-refractivity contribution >= 4 is 17.7 Å². The van der Waals surface area contributed by atoms with Crippen LogP contribution < -0.4 is 4.90 Å². The first-order valence-corrected chi connectivity index (χ1v) is 6.76. The topological polar surface area (TPSA) is 60.9 Å². The molecular weight excluding hydrogens is 256 g/mol. The number of hydrogen-bond acceptors (Lipinski definition) is 2. The number of para-hydroxylation sites is 1. The molecule has 5 heteroatoms. The lowest BCUT2D eigenvalue weighted by atomic mass is 10.1. The van der Waals surface area contributed by atoms with Crippen molar-refractivity contribution in [2.75, 3.05) is 19.0 Å². The van der Waals surface area contributed by atoms with E-state index in [0.717, 1.165) is 12.8 Å². The molecule has 0 aromatic heterocycles. The summed E-state index contributed by atoms with van der Waals surface area (Å²) >= 11 is 0. The average Bonchev–Trinajstić information content (AvgIpc) is 2.46. The van der Waals surface area contributed by atoms with Crippen LogP contribution in [0, 0.1) is 0 Å². The zero-order valence-corrected chi connectivity index (χ0v) is 12.5. The van der Waals surface area contributed by atoms with Crippen LogP contribution in [0.3, 0.4) is 0 Å². The molecule has 0 aliphatic heterocycles. The summed E-state index contributed by atoms with van der Waals surface area (Å²) in [7, 11) is 3.35. The molecule has 0 bridgehead atoms. The van der Waals surface area contributed by atoms with E-state index in [-0.39, 0.29) is 17.6 Å². The highest BCUT2D eigenvalue weighted by atomic mass is 16.4. The van der Waals surface area contributed by atoms with Gasteiger partial charge in [0.2, 0.25) is 0 Å². The summed E-state index contributed by atoms with van der Waals surface area (Å²) in [6, 6.07) is 6.47. The molecule has 2 amide bonds. The lowest BCUT2D eigenvalue weighted by Crippen LogP contribution is -2.44. The third kappa shape index (κ3) is 3.29. The van der Waals surface area contributed by atoms with E-state index >= 15 is 0 Å². The molecular formula is C15H22N2O3. The van der Waals surface area contributed by atoms with Gasteiger partial charge in [0.1, 0.15) is 0 Å². The van der Waals surface area contributed by atoms with E-state index in [1.165, 1.54) is 11.0 Å². The first-order valence-electron chi connectivity index (χ1n) is 6.76. The van der Waals surface area contributed by atoms with Gasteiger partial charge in [0.05, 0.1) is 11.3 Å². The lowest BCUT2D eigenvalue weighted by molar-refractivity contribution is 0.0697. The van der Waals surface area contributed by atoms with Crippen molar-refractivity contribution in [3.05, 3.63) is 29.8 Å². The summed E-state index contributed by atoms with van der Waals surface area (Å²) in [4.78, 5) is 26.7. The Balaban J connectivity index is 3.03. The van der Waals surface area contributed by atoms with Gasteiger partial charge in [0.15, 0.2) is 0 Å². The van der Waals surface area contributed by atoms with Gasteiger partial charge in [0.25, 0.3) is 0 Å². The second-order valence-corrected chi connectivity index (χ2v) is 4.75. The number of carbonyl (C=O) groups excluding carboxylic acids is 1. The molecule has 110 valence electrons. The maximum atomic E-state index is 12.4. The summed E-state index contributed by atoms with van der Waals surface area (Å²) in [5.41, 5.74) is 0.532. The second-order valence-electron chi connectivity index (χ2n) is 4.75. The minimum Gasteiger partial charge on any atom is -0.478 e. The highest BCUT2D eigenvalue weighted by molar-refractivity contribution is 6.01. The van der Waals surface area contributed by atoms with Gasteiger partial charge in [-0.2, -0.15) is 0 Å². The fourth-order valence-corrected chi connectivity index (χ4v) is 2.28. The Labute approximate surface area is 119 Å². The van der Waals surface area contributed by atoms with E-state index in [9.17, 15) is 14.7 Å². The van der Waals surface area contributed by atoms with Crippen LogP contribution in [0.1, 0.15) is 37.0 Å². The predicted molar refractivity (Wildman–Crippen MR) is 79.3 cm³/mol. The standard InChI is InChI=1S/C15H22N2O3/c1-5-11(6-2)16(3)15(20)17(4)13-10-8-7-9-12(13)14(18)19/h7-11H,5-6H2,1-4H3,(H,18,19). The maximum absolute atomic E-state index is 12.4. The van der Waals surface area contributed by atoms with E-state index in [2.05, 4.69) is 0 Å². The highest BCUT2D eigenvalue weighted by Gasteiger charge is 2.23. The molecule has 1 aromatic rings. The summed E-state index contributed by atoms with van der Waals surface area (Å²) in [5.74, 6) is -1.04. The van der Waals surface area contributed by atoms with Crippen molar-refractivity contribution in [3.8, 4) is 0 Å². The van der Waals surface area contributed by atoms with Crippen LogP contribution in [0.15, 0.2) is 24.3 Å². The Morgan fingerprint density at radius 1 is 1.15 bits per heavy atom. The minimum absolute atomic E-state index is 0.126. The van der Waals surface area contributed by atoms with Gasteiger partial charge < -0.3 is 10.0 Å². The van der Waals surface area contributed by atoms with Gasteiger partial charge in [-0.05, 0) is 25.0 Å². The second kappa shape index (κ2) is 6.93. The number of rotatable bonds is 5. The molecule has 0 atom stereocenters. The normalized spacial score (nSPS) is 10.4. The Kier molecular flexibility index (Phi) is 5.55. The number of hydrogen-bond donors (Lipinski definition) is 1. The molecule has 0 spiro atoms. The Bertz CT molecular complexity index is 484. The van der Waals surface area contributed by atoms with Crippen LogP contribution in [0.4, 0.5) is 10.5 Å². The van der Waals surface area contributed by atoms with Crippen molar-refractivity contribution in [1.82, 2.24) is 4.90 Å². The van der Waals surface area contributed by atoms with Gasteiger partial charge in [-0.15, -0.1) is 0 Å². The molecule has 5 nitrogen and oxygen atoms in total. The van der Waals surface area contributed by atoms with Crippen molar-refractivity contribution in [1.29, 1.82) is 0 Å². The first-order chi connectivity index (χ1) is 9.43. The smallest absolute Gasteiger partial charge is 0.337 e. The third-order valence-electron chi connectivity index (χ3n) is 3.57. The van der Waals surface area contributed by atoms with Gasteiger partial charge in [0, 0.05) is 20.1 Å². The number of carboxylic acids is 1. The third-order valence-corrected chi connectivity index (χ3v) is 3.57. The largest absolute Gasteiger partial charge is 0.478 e. The van der Waals surface area contributed by atoms with Crippen molar-refractivity contribution in [3.63, 3.8) is 0 Å². The predicted octanol–water partition coefficient (Wildman–Crippen LogP) is 3.06. The first kappa shape index (κ1) is 16.0. The number of urea groups is 1. The molecule has 0 aliphatic rings. The summed E-state index contributed by atoms with van der Waals surface area (Å²) in [6.45, 7) is 4.06. The number of amides is 2. The fourth-order valence-electron chi connectivity index (χ4n) is 2.28. The monoisotopic (exact) mass is 278 g/mol. The molecule has 0 fully saturated rings. The number of nitrogens with zero attached hydrogens (tertiary/aromatic N) is 2. The lowest BCUT2D eigenvalue weighted by Gasteiger charge is -2.31. The Hall–Kier alpha value is -2.04. The van der Waals surface area contributed by atoms with Crippen molar-refractivity contribution in [2.24, 2.45) is 0 Å². The van der Waals surface area contributed by atoms with Crippen LogP contribution in [0.25, 0.3) is 0 Å². The Morgan fingerprint density at radius 3 is 2.20 bits per heavy atom. The van der Waals surface area contributed by atoms with Gasteiger partial charge in [-0.3, -0.25) is 4.90 Å². The van der Waals surface area contributed by atoms with Crippen LogP contribution >= 0.6 is 0 Å². The molecule has 0 radical (unpaired) electrons. The van der Waals surface area contributed by atoms with Crippen LogP contribution in [0.5, 0.6) is 0 Å². The quantitative estimate of drug-likeness (QED) is 0.900. The summed E-state index contributed by atoms with van der Waals surface area (Å²) < 4.78 is 0. The molecule has 0 heterocycles. The van der Waals surface area contributed by atoms with Crippen LogP contribution in [-0.4, -0.2) is 42.1 Å². The van der Waals surface area contributed by atoms with Gasteiger partial charge >= 0.3 is 12.0 Å². The zero-order chi connectivity index (χ0) is 15.3. The van der Waals surface area contributed by atoms with Gasteiger partial charge in [-0.25, -0.2) is 9.59 Å². The summed E-state index contributed by atoms with van der Waals surface area (Å²) in [5, 5.41) is 9.18. The maximum Gasteiger partial charge on any atom is 0.337 e. The zero-order valence-electron chi connectivity index (χ0n) is 12.5. The number of carboxylic acid groups (broad SMARTS) is 1. The van der Waals surface area contributed by atoms with E-state index in [1.807, 2.05) is 13.8 Å². The number of aromatic carboxylic acids is 1. The molecule has 20 heavy (non-hydrogen) atoms. The van der Waals surface area contributed by atoms with E-state index in [1.54, 1.807) is 37.2 Å². The molecule has 0 unspecified atom stereocenters. The molecule has 0 saturated heterocycles. The molecule has 0 aliphatic carbocycles. The highest BCUT2D eigenvalue weighted by Crippen LogP contribution is 2.21. The van der Waals surface area contributed by atoms with Crippen LogP contribution in [0.2, 0.25) is 0 Å². The molecule has 0 saturated carbocycles. The number of carbonyl (C=O) groups is 2. The average molecular weight is 278 g/mol. The van der Waals surface area contributed by atoms with E-state index in [0.29, 0.717) is 5.69 Å². The molecule has 1 N–H and O–H groups in total. The SMILES string of the molecule is CCC(CC)N(C)C(=O)N(C)c1ccccc1C(=O)O. The van der Waals surface area contributed by atoms with E-state index in [4.69, 9.17) is 0 Å². The van der Waals surface area contributed by atoms with Crippen molar-refractivity contribution in [2.45, 2.75) is 32.7 Å². The van der Waals surface area contributed by atoms with Crippen LogP contribution in [-0.2, 0) is 0 Å². The van der Waals surface area contributed by atoms with E-state index < -0.39 is 5.97 Å². The van der Waals surface area contributed by atoms with Crippen molar-refractivity contribution < 1.29 is 14.7 Å². The minimum atomic E-state index is -1.04. The Morgan fingerprint density at radius 2 is 1.70 bits per heavy atom. The molecule has 1 aromatic carbocycles. The fraction of sp³-hybridized carbons (Fsp3) is 0.467. The molecule has 1 rings (SSSR count). The number of benzene rings is 1. The summed E-state index contributed by atoms with van der Waals surface area (Å²) in [6.07, 6.45) is 1.74.